The summed E-state index contributed by atoms with van der Waals surface area (Å²) in [5.41, 5.74) is 7.04. The standard InChI is InChI=1S/C25H21BrO3S.C25H22O4S.Br3P/c2*1-16-3-12-21-22(15-16)30-25(18-6-8-19(28-2)9-7-18)23(21)24(27)17-4-10-20(11-5-17)29-14-13-26;1-4(2)3/h3-12,15H,13-14H2,1-2H3;3-12,15,26H,13-14H2,1-2H3;. The Kier molecular flexibility index (Phi) is 18.6. The molecule has 0 bridgehead atoms. The van der Waals surface area contributed by atoms with Crippen LogP contribution in [0.5, 0.6) is 23.0 Å². The summed E-state index contributed by atoms with van der Waals surface area (Å²) in [6.45, 7) is 4.89. The normalized spacial score (nSPS) is 10.8. The Morgan fingerprint density at radius 3 is 1.25 bits per heavy atom. The summed E-state index contributed by atoms with van der Waals surface area (Å²) in [5.74, 6) is 2.95. The number of thiophene rings is 2. The van der Waals surface area contributed by atoms with Crippen LogP contribution in [0.25, 0.3) is 41.1 Å². The molecule has 330 valence electrons. The smallest absolute Gasteiger partial charge is 0.195 e. The molecule has 8 rings (SSSR count). The minimum atomic E-state index is -0.183. The van der Waals surface area contributed by atoms with Crippen LogP contribution < -0.4 is 18.9 Å². The zero-order valence-corrected chi connectivity index (χ0v) is 44.1. The van der Waals surface area contributed by atoms with E-state index in [0.29, 0.717) is 29.0 Å². The van der Waals surface area contributed by atoms with E-state index in [1.54, 1.807) is 61.2 Å². The summed E-state index contributed by atoms with van der Waals surface area (Å²) in [5, 5.41) is 11.6. The maximum Gasteiger partial charge on any atom is 0.195 e. The van der Waals surface area contributed by atoms with Crippen molar-refractivity contribution < 1.29 is 33.6 Å². The molecule has 6 aromatic carbocycles. The van der Waals surface area contributed by atoms with Gasteiger partial charge < -0.3 is 24.1 Å². The maximum absolute atomic E-state index is 13.6. The summed E-state index contributed by atoms with van der Waals surface area (Å²) < 4.78 is 23.6. The average molecular weight is 1170 g/mol. The second-order valence-electron chi connectivity index (χ2n) is 14.1. The number of carbonyl (C=O) groups excluding carboxylic acids is 2. The molecule has 2 aromatic heterocycles. The van der Waals surface area contributed by atoms with E-state index in [-0.39, 0.29) is 28.8 Å². The van der Waals surface area contributed by atoms with E-state index in [4.69, 9.17) is 24.1 Å². The van der Waals surface area contributed by atoms with E-state index in [1.807, 2.05) is 84.9 Å². The number of benzene rings is 6. The molecule has 0 unspecified atom stereocenters. The molecule has 0 aliphatic rings. The second kappa shape index (κ2) is 24.0. The fraction of sp³-hybridized carbons (Fsp3) is 0.160. The number of hydrogen-bond donors (Lipinski definition) is 1. The molecule has 0 aliphatic heterocycles. The number of ether oxygens (including phenoxy) is 4. The van der Waals surface area contributed by atoms with Crippen molar-refractivity contribution in [3.05, 3.63) is 167 Å². The summed E-state index contributed by atoms with van der Waals surface area (Å²) in [6.07, 6.45) is 0. The number of alkyl halides is 1. The molecule has 0 radical (unpaired) electrons. The first-order valence-electron chi connectivity index (χ1n) is 19.8. The van der Waals surface area contributed by atoms with Gasteiger partial charge in [0.15, 0.2) is 11.6 Å². The molecular weight excluding hydrogens is 1130 g/mol. The third-order valence-electron chi connectivity index (χ3n) is 9.79. The van der Waals surface area contributed by atoms with Crippen LogP contribution in [0, 0.1) is 13.8 Å². The molecule has 8 aromatic rings. The van der Waals surface area contributed by atoms with Gasteiger partial charge in [0.25, 0.3) is 0 Å². The number of halogens is 4. The monoisotopic (exact) mass is 1170 g/mol. The van der Waals surface area contributed by atoms with Crippen molar-refractivity contribution in [2.24, 2.45) is 0 Å². The van der Waals surface area contributed by atoms with Gasteiger partial charge in [-0.05, 0) is 192 Å². The van der Waals surface area contributed by atoms with E-state index in [9.17, 15) is 9.59 Å². The highest BCUT2D eigenvalue weighted by Gasteiger charge is 2.23. The van der Waals surface area contributed by atoms with Crippen LogP contribution in [0.4, 0.5) is 0 Å². The lowest BCUT2D eigenvalue weighted by molar-refractivity contribution is 0.103. The second-order valence-corrected chi connectivity index (χ2v) is 32.3. The van der Waals surface area contributed by atoms with E-state index in [1.165, 1.54) is 5.56 Å². The minimum Gasteiger partial charge on any atom is -0.497 e. The first-order valence-corrected chi connectivity index (χ1v) is 29.9. The molecule has 14 heteroatoms. The van der Waals surface area contributed by atoms with Gasteiger partial charge in [0.05, 0.1) is 27.4 Å². The Morgan fingerprint density at radius 1 is 0.547 bits per heavy atom. The first-order chi connectivity index (χ1) is 30.9. The van der Waals surface area contributed by atoms with Crippen molar-refractivity contribution in [1.29, 1.82) is 0 Å². The van der Waals surface area contributed by atoms with Gasteiger partial charge in [-0.3, -0.25) is 9.59 Å². The predicted octanol–water partition coefficient (Wildman–Crippen LogP) is 15.8. The third-order valence-corrected chi connectivity index (χ3v) is 12.5. The van der Waals surface area contributed by atoms with Gasteiger partial charge in [-0.15, -0.1) is 22.7 Å². The molecule has 64 heavy (non-hydrogen) atoms. The van der Waals surface area contributed by atoms with E-state index in [2.05, 4.69) is 101 Å². The fourth-order valence-corrected chi connectivity index (χ4v) is 9.53. The Balaban J connectivity index is 0.000000196. The molecule has 0 fully saturated rings. The number of carbonyl (C=O) groups is 2. The molecule has 7 nitrogen and oxygen atoms in total. The number of aliphatic hydroxyl groups excluding tert-OH is 1. The SMILES string of the molecule is BrP(Br)Br.COc1ccc(-c2sc3cc(C)ccc3c2C(=O)c2ccc(OCCBr)cc2)cc1.COc1ccc(-c2sc3cc(C)ccc3c2C(=O)c2ccc(OCCO)cc2)cc1. The van der Waals surface area contributed by atoms with Crippen LogP contribution >= 0.6 is 89.1 Å². The minimum absolute atomic E-state index is 0.0166. The molecule has 2 heterocycles. The van der Waals surface area contributed by atoms with Gasteiger partial charge in [-0.2, -0.15) is 0 Å². The van der Waals surface area contributed by atoms with Crippen LogP contribution in [0.1, 0.15) is 43.0 Å². The quantitative estimate of drug-likeness (QED) is 0.0659. The van der Waals surface area contributed by atoms with Gasteiger partial charge in [0, 0.05) is 57.5 Å². The van der Waals surface area contributed by atoms with Gasteiger partial charge >= 0.3 is 0 Å². The van der Waals surface area contributed by atoms with Crippen molar-refractivity contribution >= 4 is 121 Å². The van der Waals surface area contributed by atoms with Gasteiger partial charge in [0.2, 0.25) is 0 Å². The largest absolute Gasteiger partial charge is 0.497 e. The summed E-state index contributed by atoms with van der Waals surface area (Å²) in [6, 6.07) is 42.5. The summed E-state index contributed by atoms with van der Waals surface area (Å²) >= 11 is 16.1. The molecular formula is C50H43Br4O7PS2. The van der Waals surface area contributed by atoms with E-state index >= 15 is 0 Å². The van der Waals surface area contributed by atoms with Crippen molar-refractivity contribution in [1.82, 2.24) is 0 Å². The lowest BCUT2D eigenvalue weighted by Crippen LogP contribution is -2.04. The molecule has 1 N–H and O–H groups in total. The van der Waals surface area contributed by atoms with Crippen molar-refractivity contribution in [3.8, 4) is 43.9 Å². The van der Waals surface area contributed by atoms with E-state index < -0.39 is 0 Å². The number of fused-ring (bicyclic) bond motifs is 2. The number of aliphatic hydroxyl groups is 1. The number of rotatable bonds is 14. The van der Waals surface area contributed by atoms with Gasteiger partial charge in [-0.1, -0.05) is 40.2 Å². The zero-order chi connectivity index (χ0) is 45.8. The Bertz CT molecular complexity index is 2620. The number of hydrogen-bond acceptors (Lipinski definition) is 9. The summed E-state index contributed by atoms with van der Waals surface area (Å²) in [7, 11) is 3.29. The topological polar surface area (TPSA) is 91.3 Å². The Morgan fingerprint density at radius 2 is 0.906 bits per heavy atom. The molecule has 0 spiro atoms. The van der Waals surface area contributed by atoms with E-state index in [0.717, 1.165) is 74.8 Å². The Hall–Kier alpha value is -3.91. The lowest BCUT2D eigenvalue weighted by atomic mass is 9.97. The predicted molar refractivity (Wildman–Crippen MR) is 282 cm³/mol. The molecule has 0 amide bonds. The van der Waals surface area contributed by atoms with Crippen LogP contribution in [-0.2, 0) is 0 Å². The van der Waals surface area contributed by atoms with Crippen LogP contribution in [0.2, 0.25) is 0 Å². The zero-order valence-electron chi connectivity index (χ0n) is 35.2. The van der Waals surface area contributed by atoms with Crippen molar-refractivity contribution in [2.75, 3.05) is 39.4 Å². The van der Waals surface area contributed by atoms with Crippen molar-refractivity contribution in [3.63, 3.8) is 0 Å². The third kappa shape index (κ3) is 12.7. The summed E-state index contributed by atoms with van der Waals surface area (Å²) in [4.78, 5) is 29.1. The van der Waals surface area contributed by atoms with Gasteiger partial charge in [0.1, 0.15) is 33.6 Å². The fourth-order valence-electron chi connectivity index (χ4n) is 6.76. The Labute approximate surface area is 414 Å². The maximum atomic E-state index is 13.6. The van der Waals surface area contributed by atoms with Crippen LogP contribution in [0.3, 0.4) is 0 Å². The van der Waals surface area contributed by atoms with Crippen molar-refractivity contribution in [2.45, 2.75) is 13.8 Å². The van der Waals surface area contributed by atoms with Crippen LogP contribution in [0.15, 0.2) is 133 Å². The first kappa shape index (κ1) is 49.5. The average Bonchev–Trinajstić information content (AvgIpc) is 3.88. The number of methoxy groups -OCH3 is 2. The highest BCUT2D eigenvalue weighted by atomic mass is 80.0. The highest BCUT2D eigenvalue weighted by Crippen LogP contribution is 2.59. The molecule has 0 saturated heterocycles. The van der Waals surface area contributed by atoms with Crippen LogP contribution in [-0.4, -0.2) is 56.0 Å². The number of aryl methyl sites for hydroxylation is 2. The molecule has 0 atom stereocenters. The highest BCUT2D eigenvalue weighted by molar-refractivity contribution is 9.93. The number of ketones is 2. The molecule has 0 saturated carbocycles. The molecule has 0 aliphatic carbocycles. The van der Waals surface area contributed by atoms with Gasteiger partial charge in [-0.25, -0.2) is 0 Å². The lowest BCUT2D eigenvalue weighted by Gasteiger charge is -2.08.